The van der Waals surface area contributed by atoms with E-state index in [1.807, 2.05) is 0 Å². The van der Waals surface area contributed by atoms with Crippen LogP contribution in [0.4, 0.5) is 5.69 Å². The fourth-order valence-corrected chi connectivity index (χ4v) is 2.01. The van der Waals surface area contributed by atoms with E-state index in [4.69, 9.17) is 21.4 Å². The van der Waals surface area contributed by atoms with Crippen LogP contribution in [-0.4, -0.2) is 30.8 Å². The minimum Gasteiger partial charge on any atom is -0.384 e. The van der Waals surface area contributed by atoms with Gasteiger partial charge < -0.3 is 15.2 Å². The van der Waals surface area contributed by atoms with Crippen molar-refractivity contribution >= 4 is 23.2 Å². The van der Waals surface area contributed by atoms with Gasteiger partial charge in [0, 0.05) is 17.2 Å². The predicted octanol–water partition coefficient (Wildman–Crippen LogP) is 1.66. The molecule has 1 fully saturated rings. The van der Waals surface area contributed by atoms with Crippen molar-refractivity contribution in [3.63, 3.8) is 0 Å². The summed E-state index contributed by atoms with van der Waals surface area (Å²) in [5, 5.41) is 12.1. The molecule has 1 heterocycles. The van der Waals surface area contributed by atoms with Gasteiger partial charge in [-0.1, -0.05) is 23.4 Å². The van der Waals surface area contributed by atoms with Crippen LogP contribution in [0.5, 0.6) is 0 Å². The quantitative estimate of drug-likeness (QED) is 0.810. The fraction of sp³-hybridized carbons (Fsp3) is 0.357. The molecule has 0 aliphatic carbocycles. The van der Waals surface area contributed by atoms with Crippen LogP contribution in [0.2, 0.25) is 5.02 Å². The molecule has 100 valence electrons. The van der Waals surface area contributed by atoms with Crippen molar-refractivity contribution in [2.24, 2.45) is 5.92 Å². The zero-order valence-corrected chi connectivity index (χ0v) is 11.0. The zero-order valence-electron chi connectivity index (χ0n) is 10.3. The first-order chi connectivity index (χ1) is 9.20. The molecule has 0 bridgehead atoms. The molecule has 1 aliphatic heterocycles. The minimum absolute atomic E-state index is 0.0909. The highest BCUT2D eigenvalue weighted by Gasteiger charge is 2.23. The Kier molecular flexibility index (Phi) is 4.80. The maximum Gasteiger partial charge on any atom is 0.229 e. The van der Waals surface area contributed by atoms with Crippen molar-refractivity contribution in [2.75, 3.05) is 25.1 Å². The second-order valence-electron chi connectivity index (χ2n) is 4.20. The lowest BCUT2D eigenvalue weighted by atomic mass is 10.1. The number of aliphatic hydroxyl groups excluding tert-OH is 1. The van der Waals surface area contributed by atoms with Crippen LogP contribution in [-0.2, 0) is 9.53 Å². The maximum atomic E-state index is 12.0. The molecule has 5 heteroatoms. The van der Waals surface area contributed by atoms with Crippen molar-refractivity contribution in [3.05, 3.63) is 28.8 Å². The highest BCUT2D eigenvalue weighted by Crippen LogP contribution is 2.22. The number of hydrogen-bond acceptors (Lipinski definition) is 3. The van der Waals surface area contributed by atoms with Crippen molar-refractivity contribution in [3.8, 4) is 11.8 Å². The summed E-state index contributed by atoms with van der Waals surface area (Å²) in [5.41, 5.74) is 1.19. The van der Waals surface area contributed by atoms with Crippen molar-refractivity contribution in [2.45, 2.75) is 6.42 Å². The number of benzene rings is 1. The first-order valence-corrected chi connectivity index (χ1v) is 6.36. The molecule has 0 saturated carbocycles. The molecule has 19 heavy (non-hydrogen) atoms. The van der Waals surface area contributed by atoms with Gasteiger partial charge in [-0.25, -0.2) is 0 Å². The van der Waals surface area contributed by atoms with E-state index in [9.17, 15) is 4.79 Å². The van der Waals surface area contributed by atoms with Gasteiger partial charge in [0.05, 0.1) is 18.2 Å². The number of amides is 1. The van der Waals surface area contributed by atoms with E-state index in [1.54, 1.807) is 18.2 Å². The molecular weight excluding hydrogens is 266 g/mol. The molecule has 1 aliphatic rings. The Labute approximate surface area is 116 Å². The Morgan fingerprint density at radius 3 is 3.11 bits per heavy atom. The van der Waals surface area contributed by atoms with Crippen LogP contribution in [0, 0.1) is 17.8 Å². The number of carbonyl (C=O) groups is 1. The molecule has 1 amide bonds. The lowest BCUT2D eigenvalue weighted by Gasteiger charge is -2.11. The summed E-state index contributed by atoms with van der Waals surface area (Å²) in [6, 6.07) is 5.06. The summed E-state index contributed by atoms with van der Waals surface area (Å²) in [5.74, 6) is 5.12. The summed E-state index contributed by atoms with van der Waals surface area (Å²) in [6.07, 6.45) is 0.726. The monoisotopic (exact) mass is 279 g/mol. The molecule has 1 saturated heterocycles. The fourth-order valence-electron chi connectivity index (χ4n) is 1.84. The second kappa shape index (κ2) is 6.58. The average molecular weight is 280 g/mol. The van der Waals surface area contributed by atoms with Crippen molar-refractivity contribution in [1.82, 2.24) is 0 Å². The molecular formula is C14H14ClNO3. The summed E-state index contributed by atoms with van der Waals surface area (Å²) in [7, 11) is 0. The van der Waals surface area contributed by atoms with E-state index >= 15 is 0 Å². The Bertz CT molecular complexity index is 527. The Morgan fingerprint density at radius 2 is 2.42 bits per heavy atom. The van der Waals surface area contributed by atoms with Gasteiger partial charge in [0.1, 0.15) is 6.61 Å². The molecule has 1 unspecified atom stereocenters. The van der Waals surface area contributed by atoms with Gasteiger partial charge in [-0.15, -0.1) is 0 Å². The molecule has 0 spiro atoms. The molecule has 0 radical (unpaired) electrons. The first kappa shape index (κ1) is 13.9. The summed E-state index contributed by atoms with van der Waals surface area (Å²) in [6.45, 7) is 0.835. The zero-order chi connectivity index (χ0) is 13.7. The largest absolute Gasteiger partial charge is 0.384 e. The highest BCUT2D eigenvalue weighted by molar-refractivity contribution is 6.31. The second-order valence-corrected chi connectivity index (χ2v) is 4.64. The van der Waals surface area contributed by atoms with E-state index in [0.717, 1.165) is 6.42 Å². The molecule has 2 N–H and O–H groups in total. The number of rotatable bonds is 2. The summed E-state index contributed by atoms with van der Waals surface area (Å²) < 4.78 is 5.19. The van der Waals surface area contributed by atoms with Crippen molar-refractivity contribution < 1.29 is 14.6 Å². The standard InChI is InChI=1S/C14H14ClNO3/c15-12-4-3-10(2-1-6-17)13(8-12)16-14(18)11-5-7-19-9-11/h3-4,8,11,17H,5-7,9H2,(H,16,18). The molecule has 2 rings (SSSR count). The van der Waals surface area contributed by atoms with Crippen LogP contribution in [0.1, 0.15) is 12.0 Å². The van der Waals surface area contributed by atoms with Crippen LogP contribution < -0.4 is 5.32 Å². The molecule has 1 aromatic rings. The van der Waals surface area contributed by atoms with Gasteiger partial charge in [0.2, 0.25) is 5.91 Å². The van der Waals surface area contributed by atoms with E-state index in [2.05, 4.69) is 17.2 Å². The third-order valence-electron chi connectivity index (χ3n) is 2.84. The van der Waals surface area contributed by atoms with Gasteiger partial charge in [0.15, 0.2) is 0 Å². The average Bonchev–Trinajstić information content (AvgIpc) is 2.92. The minimum atomic E-state index is -0.230. The number of aliphatic hydroxyl groups is 1. The number of hydrogen-bond donors (Lipinski definition) is 2. The van der Waals surface area contributed by atoms with Gasteiger partial charge in [-0.3, -0.25) is 4.79 Å². The maximum absolute atomic E-state index is 12.0. The molecule has 1 atom stereocenters. The number of anilines is 1. The lowest BCUT2D eigenvalue weighted by molar-refractivity contribution is -0.119. The van der Waals surface area contributed by atoms with Gasteiger partial charge in [-0.2, -0.15) is 0 Å². The van der Waals surface area contributed by atoms with E-state index in [1.165, 1.54) is 0 Å². The SMILES string of the molecule is O=C(Nc1cc(Cl)ccc1C#CCO)C1CCOC1. The van der Waals surface area contributed by atoms with E-state index in [0.29, 0.717) is 29.5 Å². The number of ether oxygens (including phenoxy) is 1. The number of carbonyl (C=O) groups excluding carboxylic acids is 1. The Morgan fingerprint density at radius 1 is 1.58 bits per heavy atom. The topological polar surface area (TPSA) is 58.6 Å². The number of nitrogens with one attached hydrogen (secondary N) is 1. The first-order valence-electron chi connectivity index (χ1n) is 5.98. The Hall–Kier alpha value is -1.54. The van der Waals surface area contributed by atoms with E-state index in [-0.39, 0.29) is 18.4 Å². The summed E-state index contributed by atoms with van der Waals surface area (Å²) >= 11 is 5.92. The van der Waals surface area contributed by atoms with E-state index < -0.39 is 0 Å². The van der Waals surface area contributed by atoms with Crippen LogP contribution in [0.25, 0.3) is 0 Å². The third-order valence-corrected chi connectivity index (χ3v) is 3.08. The van der Waals surface area contributed by atoms with Crippen LogP contribution >= 0.6 is 11.6 Å². The summed E-state index contributed by atoms with van der Waals surface area (Å²) in [4.78, 5) is 12.0. The lowest BCUT2D eigenvalue weighted by Crippen LogP contribution is -2.23. The van der Waals surface area contributed by atoms with Gasteiger partial charge >= 0.3 is 0 Å². The predicted molar refractivity (Wildman–Crippen MR) is 73.0 cm³/mol. The molecule has 0 aromatic heterocycles. The third kappa shape index (κ3) is 3.71. The van der Waals surface area contributed by atoms with Crippen LogP contribution in [0.3, 0.4) is 0 Å². The van der Waals surface area contributed by atoms with Gasteiger partial charge in [-0.05, 0) is 24.6 Å². The smallest absolute Gasteiger partial charge is 0.229 e. The highest BCUT2D eigenvalue weighted by atomic mass is 35.5. The normalized spacial score (nSPS) is 17.7. The number of halogens is 1. The molecule has 1 aromatic carbocycles. The Balaban J connectivity index is 2.17. The molecule has 4 nitrogen and oxygen atoms in total. The van der Waals surface area contributed by atoms with Crippen molar-refractivity contribution in [1.29, 1.82) is 0 Å². The van der Waals surface area contributed by atoms with Crippen LogP contribution in [0.15, 0.2) is 18.2 Å². The van der Waals surface area contributed by atoms with Gasteiger partial charge in [0.25, 0.3) is 0 Å².